The zero-order chi connectivity index (χ0) is 18.7. The highest BCUT2D eigenvalue weighted by Crippen LogP contribution is 2.27. The minimum atomic E-state index is -0.486. The van der Waals surface area contributed by atoms with Crippen LogP contribution >= 0.6 is 35.0 Å². The summed E-state index contributed by atoms with van der Waals surface area (Å²) in [7, 11) is 0. The maximum Gasteiger partial charge on any atom is 0.344 e. The lowest BCUT2D eigenvalue weighted by atomic mass is 10.2. The number of aromatic nitrogens is 3. The van der Waals surface area contributed by atoms with Crippen molar-refractivity contribution in [2.45, 2.75) is 42.8 Å². The van der Waals surface area contributed by atoms with Crippen molar-refractivity contribution in [3.05, 3.63) is 38.7 Å². The summed E-state index contributed by atoms with van der Waals surface area (Å²) in [6, 6.07) is 4.85. The van der Waals surface area contributed by atoms with Crippen molar-refractivity contribution in [3.8, 4) is 0 Å². The number of rotatable bonds is 6. The number of halogens is 2. The first kappa shape index (κ1) is 19.3. The number of benzene rings is 1. The van der Waals surface area contributed by atoms with E-state index in [2.05, 4.69) is 15.5 Å². The maximum absolute atomic E-state index is 12.4. The quantitative estimate of drug-likeness (QED) is 0.705. The van der Waals surface area contributed by atoms with E-state index in [9.17, 15) is 9.59 Å². The summed E-state index contributed by atoms with van der Waals surface area (Å²) in [6.07, 6.45) is 1.90. The third-order valence-corrected chi connectivity index (χ3v) is 5.61. The fraction of sp³-hybridized carbons (Fsp3) is 0.438. The van der Waals surface area contributed by atoms with E-state index in [1.54, 1.807) is 25.1 Å². The molecule has 1 aromatic heterocycles. The summed E-state index contributed by atoms with van der Waals surface area (Å²) in [5.74, 6) is -0.252. The SMILES string of the molecule is CC(Sc1n[nH]c(=O)n1CC1CCCO1)C(=O)Nc1ccc(Cl)cc1Cl. The molecule has 1 amide bonds. The van der Waals surface area contributed by atoms with Gasteiger partial charge in [-0.05, 0) is 38.0 Å². The minimum Gasteiger partial charge on any atom is -0.376 e. The van der Waals surface area contributed by atoms with E-state index in [0.29, 0.717) is 34.0 Å². The molecule has 3 rings (SSSR count). The second-order valence-corrected chi connectivity index (χ2v) is 8.08. The number of anilines is 1. The molecule has 0 bridgehead atoms. The fourth-order valence-electron chi connectivity index (χ4n) is 2.58. The van der Waals surface area contributed by atoms with Crippen molar-refractivity contribution in [1.82, 2.24) is 14.8 Å². The summed E-state index contributed by atoms with van der Waals surface area (Å²) in [4.78, 5) is 24.4. The molecule has 26 heavy (non-hydrogen) atoms. The number of thioether (sulfide) groups is 1. The van der Waals surface area contributed by atoms with Gasteiger partial charge < -0.3 is 10.1 Å². The number of ether oxygens (including phenoxy) is 1. The molecular formula is C16H18Cl2N4O3S. The van der Waals surface area contributed by atoms with Crippen LogP contribution in [0.1, 0.15) is 19.8 Å². The largest absolute Gasteiger partial charge is 0.376 e. The van der Waals surface area contributed by atoms with Crippen LogP contribution in [0.4, 0.5) is 5.69 Å². The van der Waals surface area contributed by atoms with Crippen molar-refractivity contribution >= 4 is 46.6 Å². The number of H-pyrrole nitrogens is 1. The first-order valence-corrected chi connectivity index (χ1v) is 9.77. The molecule has 1 fully saturated rings. The van der Waals surface area contributed by atoms with Gasteiger partial charge in [0.05, 0.1) is 28.6 Å². The van der Waals surface area contributed by atoms with Crippen LogP contribution in [0.3, 0.4) is 0 Å². The van der Waals surface area contributed by atoms with Gasteiger partial charge in [-0.25, -0.2) is 9.89 Å². The second kappa shape index (κ2) is 8.47. The molecule has 1 aromatic carbocycles. The molecule has 2 heterocycles. The van der Waals surface area contributed by atoms with Gasteiger partial charge in [0, 0.05) is 11.6 Å². The van der Waals surface area contributed by atoms with Crippen molar-refractivity contribution in [1.29, 1.82) is 0 Å². The van der Waals surface area contributed by atoms with Gasteiger partial charge in [0.15, 0.2) is 5.16 Å². The van der Waals surface area contributed by atoms with E-state index in [4.69, 9.17) is 27.9 Å². The summed E-state index contributed by atoms with van der Waals surface area (Å²) in [5, 5.41) is 10.0. The van der Waals surface area contributed by atoms with Gasteiger partial charge in [0.25, 0.3) is 0 Å². The standard InChI is InChI=1S/C16H18Cl2N4O3S/c1-9(14(23)19-13-5-4-10(17)7-12(13)18)26-16-21-20-15(24)22(16)8-11-3-2-6-25-11/h4-5,7,9,11H,2-3,6,8H2,1H3,(H,19,23)(H,20,24). The van der Waals surface area contributed by atoms with Gasteiger partial charge in [-0.15, -0.1) is 5.10 Å². The van der Waals surface area contributed by atoms with Crippen molar-refractivity contribution in [2.24, 2.45) is 0 Å². The summed E-state index contributed by atoms with van der Waals surface area (Å²) in [5.41, 5.74) is 0.170. The normalized spacial score (nSPS) is 18.0. The Labute approximate surface area is 164 Å². The molecule has 0 saturated carbocycles. The van der Waals surface area contributed by atoms with Gasteiger partial charge in [0.2, 0.25) is 5.91 Å². The molecule has 0 aliphatic carbocycles. The minimum absolute atomic E-state index is 0.00153. The Morgan fingerprint density at radius 2 is 2.35 bits per heavy atom. The van der Waals surface area contributed by atoms with Gasteiger partial charge in [-0.1, -0.05) is 35.0 Å². The summed E-state index contributed by atoms with van der Waals surface area (Å²) in [6.45, 7) is 2.87. The molecule has 10 heteroatoms. The number of carbonyl (C=O) groups is 1. The van der Waals surface area contributed by atoms with E-state index in [1.165, 1.54) is 16.3 Å². The molecule has 0 radical (unpaired) electrons. The number of nitrogens with one attached hydrogen (secondary N) is 2. The Hall–Kier alpha value is -1.48. The fourth-order valence-corrected chi connectivity index (χ4v) is 3.90. The molecule has 2 N–H and O–H groups in total. The molecular weight excluding hydrogens is 399 g/mol. The van der Waals surface area contributed by atoms with E-state index in [-0.39, 0.29) is 17.7 Å². The molecule has 2 unspecified atom stereocenters. The van der Waals surface area contributed by atoms with Crippen LogP contribution in [-0.2, 0) is 16.1 Å². The van der Waals surface area contributed by atoms with Gasteiger partial charge in [-0.2, -0.15) is 0 Å². The van der Waals surface area contributed by atoms with Crippen molar-refractivity contribution in [2.75, 3.05) is 11.9 Å². The van der Waals surface area contributed by atoms with Gasteiger partial charge >= 0.3 is 5.69 Å². The number of hydrogen-bond donors (Lipinski definition) is 2. The Balaban J connectivity index is 1.66. The Bertz CT molecular complexity index is 848. The molecule has 140 valence electrons. The number of hydrogen-bond acceptors (Lipinski definition) is 5. The zero-order valence-corrected chi connectivity index (χ0v) is 16.3. The highest BCUT2D eigenvalue weighted by Gasteiger charge is 2.23. The second-order valence-electron chi connectivity index (χ2n) is 5.93. The van der Waals surface area contributed by atoms with E-state index in [0.717, 1.165) is 12.8 Å². The van der Waals surface area contributed by atoms with Gasteiger partial charge in [-0.3, -0.25) is 9.36 Å². The van der Waals surface area contributed by atoms with Crippen LogP contribution in [0.5, 0.6) is 0 Å². The highest BCUT2D eigenvalue weighted by atomic mass is 35.5. The first-order valence-electron chi connectivity index (χ1n) is 8.13. The predicted octanol–water partition coefficient (Wildman–Crippen LogP) is 3.18. The van der Waals surface area contributed by atoms with Crippen LogP contribution in [0, 0.1) is 0 Å². The summed E-state index contributed by atoms with van der Waals surface area (Å²) >= 11 is 13.1. The number of nitrogens with zero attached hydrogens (tertiary/aromatic N) is 2. The van der Waals surface area contributed by atoms with Crippen molar-refractivity contribution < 1.29 is 9.53 Å². The first-order chi connectivity index (χ1) is 12.4. The highest BCUT2D eigenvalue weighted by molar-refractivity contribution is 8.00. The summed E-state index contributed by atoms with van der Waals surface area (Å²) < 4.78 is 7.09. The Morgan fingerprint density at radius 1 is 1.54 bits per heavy atom. The number of amides is 1. The van der Waals surface area contributed by atoms with Crippen LogP contribution in [0.2, 0.25) is 10.0 Å². The maximum atomic E-state index is 12.4. The van der Waals surface area contributed by atoms with Crippen LogP contribution in [0.15, 0.2) is 28.2 Å². The van der Waals surface area contributed by atoms with Crippen LogP contribution in [-0.4, -0.2) is 38.6 Å². The van der Waals surface area contributed by atoms with E-state index >= 15 is 0 Å². The number of carbonyl (C=O) groups excluding carboxylic acids is 1. The lowest BCUT2D eigenvalue weighted by molar-refractivity contribution is -0.115. The molecule has 1 aliphatic rings. The average Bonchev–Trinajstić information content (AvgIpc) is 3.22. The third-order valence-electron chi connectivity index (χ3n) is 3.97. The van der Waals surface area contributed by atoms with Crippen molar-refractivity contribution in [3.63, 3.8) is 0 Å². The zero-order valence-electron chi connectivity index (χ0n) is 14.0. The van der Waals surface area contributed by atoms with Crippen LogP contribution in [0.25, 0.3) is 0 Å². The predicted molar refractivity (Wildman–Crippen MR) is 102 cm³/mol. The van der Waals surface area contributed by atoms with Gasteiger partial charge in [0.1, 0.15) is 0 Å². The topological polar surface area (TPSA) is 89.0 Å². The lowest BCUT2D eigenvalue weighted by Gasteiger charge is -2.14. The number of aromatic amines is 1. The molecule has 1 saturated heterocycles. The smallest absolute Gasteiger partial charge is 0.344 e. The molecule has 2 aromatic rings. The lowest BCUT2D eigenvalue weighted by Crippen LogP contribution is -2.27. The third kappa shape index (κ3) is 4.62. The Kier molecular flexibility index (Phi) is 6.29. The van der Waals surface area contributed by atoms with E-state index < -0.39 is 5.25 Å². The molecule has 7 nitrogen and oxygen atoms in total. The van der Waals surface area contributed by atoms with E-state index in [1.807, 2.05) is 0 Å². The molecule has 1 aliphatic heterocycles. The van der Waals surface area contributed by atoms with Crippen LogP contribution < -0.4 is 11.0 Å². The molecule has 0 spiro atoms. The average molecular weight is 417 g/mol. The monoisotopic (exact) mass is 416 g/mol. The molecule has 2 atom stereocenters. The Morgan fingerprint density at radius 3 is 3.04 bits per heavy atom.